The molecule has 0 unspecified atom stereocenters. The van der Waals surface area contributed by atoms with E-state index in [1.54, 1.807) is 0 Å². The molecule has 0 radical (unpaired) electrons. The topological polar surface area (TPSA) is 70.7 Å². The van der Waals surface area contributed by atoms with Gasteiger partial charge in [-0.3, -0.25) is 9.89 Å². The van der Waals surface area contributed by atoms with Gasteiger partial charge in [0.1, 0.15) is 0 Å². The highest BCUT2D eigenvalue weighted by Gasteiger charge is 2.11. The Morgan fingerprint density at radius 2 is 2.19 bits per heavy atom. The molecular weight excluding hydrogens is 218 g/mol. The molecule has 0 saturated heterocycles. The molecule has 16 heavy (non-hydrogen) atoms. The summed E-state index contributed by atoms with van der Waals surface area (Å²) in [6.45, 7) is 0. The molecule has 82 valence electrons. The second-order valence-corrected chi connectivity index (χ2v) is 2.91. The fraction of sp³-hybridized carbons (Fsp3) is 0. The maximum Gasteiger partial charge on any atom is 0.258 e. The van der Waals surface area contributed by atoms with E-state index in [4.69, 9.17) is 0 Å². The first kappa shape index (κ1) is 10.2. The summed E-state index contributed by atoms with van der Waals surface area (Å²) < 4.78 is 25.5. The summed E-state index contributed by atoms with van der Waals surface area (Å²) in [5.74, 6) is -2.57. The van der Waals surface area contributed by atoms with Crippen LogP contribution in [0.25, 0.3) is 0 Å². The third kappa shape index (κ3) is 2.02. The molecule has 0 aliphatic rings. The predicted octanol–water partition coefficient (Wildman–Crippen LogP) is 1.34. The third-order valence-electron chi connectivity index (χ3n) is 1.82. The first-order chi connectivity index (χ1) is 7.66. The van der Waals surface area contributed by atoms with Gasteiger partial charge in [-0.1, -0.05) is 0 Å². The summed E-state index contributed by atoms with van der Waals surface area (Å²) in [5.41, 5.74) is 0.0522. The summed E-state index contributed by atoms with van der Waals surface area (Å²) in [5, 5.41) is 8.24. The second kappa shape index (κ2) is 4.05. The van der Waals surface area contributed by atoms with Crippen LogP contribution in [0, 0.1) is 11.9 Å². The zero-order valence-corrected chi connectivity index (χ0v) is 7.87. The van der Waals surface area contributed by atoms with Gasteiger partial charge in [-0.25, -0.2) is 0 Å². The molecule has 0 spiro atoms. The maximum absolute atomic E-state index is 13.1. The van der Waals surface area contributed by atoms with Crippen LogP contribution in [0.15, 0.2) is 24.5 Å². The number of hydrogen-bond acceptors (Lipinski definition) is 3. The van der Waals surface area contributed by atoms with Crippen molar-refractivity contribution in [3.63, 3.8) is 0 Å². The lowest BCUT2D eigenvalue weighted by Gasteiger charge is -2.03. The zero-order chi connectivity index (χ0) is 11.5. The highest BCUT2D eigenvalue weighted by atomic mass is 19.1. The van der Waals surface area contributed by atoms with E-state index in [0.717, 1.165) is 12.1 Å². The molecule has 0 atom stereocenters. The minimum atomic E-state index is -1.07. The van der Waals surface area contributed by atoms with E-state index in [1.807, 2.05) is 0 Å². The van der Waals surface area contributed by atoms with Gasteiger partial charge < -0.3 is 5.32 Å². The number of nitrogens with one attached hydrogen (secondary N) is 2. The van der Waals surface area contributed by atoms with Gasteiger partial charge in [-0.05, 0) is 12.1 Å². The number of halogens is 2. The van der Waals surface area contributed by atoms with Crippen LogP contribution < -0.4 is 5.32 Å². The number of nitrogens with zero attached hydrogens (tertiary/aromatic N) is 2. The minimum absolute atomic E-state index is 0.187. The van der Waals surface area contributed by atoms with Crippen LogP contribution in [0.3, 0.4) is 0 Å². The van der Waals surface area contributed by atoms with E-state index < -0.39 is 17.8 Å². The number of rotatable bonds is 2. The number of carbonyl (C=O) groups is 1. The Balaban J connectivity index is 2.18. The fourth-order valence-electron chi connectivity index (χ4n) is 1.07. The maximum atomic E-state index is 13.1. The number of pyridine rings is 1. The number of hydrogen-bond donors (Lipinski definition) is 2. The lowest BCUT2D eigenvalue weighted by molar-refractivity contribution is 0.102. The van der Waals surface area contributed by atoms with Gasteiger partial charge >= 0.3 is 0 Å². The van der Waals surface area contributed by atoms with Crippen molar-refractivity contribution in [2.45, 2.75) is 0 Å². The molecule has 2 N–H and O–H groups in total. The van der Waals surface area contributed by atoms with Crippen LogP contribution in [0.4, 0.5) is 14.5 Å². The van der Waals surface area contributed by atoms with Crippen molar-refractivity contribution < 1.29 is 13.6 Å². The van der Waals surface area contributed by atoms with Gasteiger partial charge in [0, 0.05) is 6.20 Å². The van der Waals surface area contributed by atoms with Crippen molar-refractivity contribution in [2.75, 3.05) is 5.32 Å². The fourth-order valence-corrected chi connectivity index (χ4v) is 1.07. The minimum Gasteiger partial charge on any atom is -0.318 e. The van der Waals surface area contributed by atoms with Crippen molar-refractivity contribution in [1.29, 1.82) is 0 Å². The van der Waals surface area contributed by atoms with Gasteiger partial charge in [0.05, 0.1) is 17.4 Å². The average Bonchev–Trinajstić information content (AvgIpc) is 2.75. The van der Waals surface area contributed by atoms with E-state index in [0.29, 0.717) is 0 Å². The molecule has 2 rings (SSSR count). The van der Waals surface area contributed by atoms with E-state index in [2.05, 4.69) is 20.5 Å². The second-order valence-electron chi connectivity index (χ2n) is 2.91. The van der Waals surface area contributed by atoms with Gasteiger partial charge in [0.25, 0.3) is 5.91 Å². The van der Waals surface area contributed by atoms with Crippen molar-refractivity contribution >= 4 is 11.6 Å². The Hall–Kier alpha value is -2.31. The average molecular weight is 224 g/mol. The Morgan fingerprint density at radius 1 is 1.38 bits per heavy atom. The van der Waals surface area contributed by atoms with Crippen LogP contribution in [0.1, 0.15) is 10.4 Å². The lowest BCUT2D eigenvalue weighted by atomic mass is 10.3. The Kier molecular flexibility index (Phi) is 2.59. The Labute approximate surface area is 88.5 Å². The Morgan fingerprint density at radius 3 is 2.81 bits per heavy atom. The number of amides is 1. The predicted molar refractivity (Wildman–Crippen MR) is 50.7 cm³/mol. The molecule has 7 heteroatoms. The summed E-state index contributed by atoms with van der Waals surface area (Å²) in [7, 11) is 0. The molecule has 0 fully saturated rings. The van der Waals surface area contributed by atoms with Crippen molar-refractivity contribution in [2.24, 2.45) is 0 Å². The smallest absolute Gasteiger partial charge is 0.258 e. The quantitative estimate of drug-likeness (QED) is 0.756. The first-order valence-corrected chi connectivity index (χ1v) is 4.29. The standard InChI is InChI=1S/C9H6F2N4O/c10-7-2-1-6(8(11)15-7)14-9(16)5-3-12-13-4-5/h1-4H,(H,12,13)(H,14,16). The van der Waals surface area contributed by atoms with Crippen LogP contribution in [-0.2, 0) is 0 Å². The van der Waals surface area contributed by atoms with Crippen molar-refractivity contribution in [3.8, 4) is 0 Å². The van der Waals surface area contributed by atoms with E-state index in [9.17, 15) is 13.6 Å². The molecule has 0 aromatic carbocycles. The van der Waals surface area contributed by atoms with Gasteiger partial charge in [-0.2, -0.15) is 18.9 Å². The summed E-state index contributed by atoms with van der Waals surface area (Å²) in [4.78, 5) is 14.4. The van der Waals surface area contributed by atoms with E-state index >= 15 is 0 Å². The highest BCUT2D eigenvalue weighted by molar-refractivity contribution is 6.03. The normalized spacial score (nSPS) is 10.1. The molecule has 0 aliphatic heterocycles. The molecular formula is C9H6F2N4O. The number of H-pyrrole nitrogens is 1. The molecule has 2 aromatic rings. The molecule has 2 aromatic heterocycles. The number of carbonyl (C=O) groups excluding carboxylic acids is 1. The summed E-state index contributed by atoms with van der Waals surface area (Å²) >= 11 is 0. The molecule has 1 amide bonds. The van der Waals surface area contributed by atoms with Crippen LogP contribution in [0.2, 0.25) is 0 Å². The van der Waals surface area contributed by atoms with Crippen molar-refractivity contribution in [3.05, 3.63) is 42.0 Å². The largest absolute Gasteiger partial charge is 0.318 e. The monoisotopic (exact) mass is 224 g/mol. The van der Waals surface area contributed by atoms with Crippen LogP contribution in [0.5, 0.6) is 0 Å². The highest BCUT2D eigenvalue weighted by Crippen LogP contribution is 2.12. The van der Waals surface area contributed by atoms with Crippen LogP contribution in [-0.4, -0.2) is 21.1 Å². The van der Waals surface area contributed by atoms with E-state index in [1.165, 1.54) is 12.4 Å². The summed E-state index contributed by atoms with van der Waals surface area (Å²) in [6, 6.07) is 2.05. The molecule has 5 nitrogen and oxygen atoms in total. The molecule has 2 heterocycles. The zero-order valence-electron chi connectivity index (χ0n) is 7.87. The number of aromatic nitrogens is 3. The van der Waals surface area contributed by atoms with Gasteiger partial charge in [-0.15, -0.1) is 0 Å². The first-order valence-electron chi connectivity index (χ1n) is 4.29. The van der Waals surface area contributed by atoms with Gasteiger partial charge in [0.15, 0.2) is 0 Å². The SMILES string of the molecule is O=C(Nc1ccc(F)nc1F)c1cn[nH]c1. The van der Waals surface area contributed by atoms with Crippen LogP contribution >= 0.6 is 0 Å². The third-order valence-corrected chi connectivity index (χ3v) is 1.82. The van der Waals surface area contributed by atoms with Gasteiger partial charge in [0.2, 0.25) is 11.9 Å². The molecule has 0 saturated carbocycles. The number of aromatic amines is 1. The molecule has 0 bridgehead atoms. The molecule has 0 aliphatic carbocycles. The van der Waals surface area contributed by atoms with Crippen molar-refractivity contribution in [1.82, 2.24) is 15.2 Å². The van der Waals surface area contributed by atoms with E-state index in [-0.39, 0.29) is 11.3 Å². The number of anilines is 1. The Bertz CT molecular complexity index is 512. The lowest BCUT2D eigenvalue weighted by Crippen LogP contribution is -2.13. The summed E-state index contributed by atoms with van der Waals surface area (Å²) in [6.07, 6.45) is 2.63.